The predicted molar refractivity (Wildman–Crippen MR) is 73.2 cm³/mol. The van der Waals surface area contributed by atoms with E-state index in [1.165, 1.54) is 12.8 Å². The third-order valence-corrected chi connectivity index (χ3v) is 4.16. The van der Waals surface area contributed by atoms with Crippen LogP contribution in [0.1, 0.15) is 75.7 Å². The summed E-state index contributed by atoms with van der Waals surface area (Å²) in [6.45, 7) is 18.3. The van der Waals surface area contributed by atoms with E-state index in [0.717, 1.165) is 17.3 Å². The maximum Gasteiger partial charge on any atom is -0.0302 e. The van der Waals surface area contributed by atoms with Gasteiger partial charge in [-0.25, -0.2) is 0 Å². The third-order valence-electron chi connectivity index (χ3n) is 4.16. The van der Waals surface area contributed by atoms with Crippen molar-refractivity contribution in [1.82, 2.24) is 0 Å². The minimum atomic E-state index is 0. The van der Waals surface area contributed by atoms with Crippen LogP contribution in [0.15, 0.2) is 0 Å². The second kappa shape index (κ2) is 5.92. The molecule has 0 atom stereocenters. The smallest absolute Gasteiger partial charge is 0.0302 e. The van der Waals surface area contributed by atoms with E-state index >= 15 is 0 Å². The highest BCUT2D eigenvalue weighted by Gasteiger charge is 2.39. The van der Waals surface area contributed by atoms with Gasteiger partial charge in [0.2, 0.25) is 0 Å². The van der Waals surface area contributed by atoms with E-state index in [-0.39, 0.29) is 7.43 Å². The summed E-state index contributed by atoms with van der Waals surface area (Å²) in [5.74, 6) is 1.71. The highest BCUT2D eigenvalue weighted by molar-refractivity contribution is 4.90. The monoisotopic (exact) mass is 214 g/mol. The van der Waals surface area contributed by atoms with E-state index in [0.29, 0.717) is 5.41 Å². The summed E-state index contributed by atoms with van der Waals surface area (Å²) >= 11 is 0. The van der Waals surface area contributed by atoms with Crippen molar-refractivity contribution in [1.29, 1.82) is 0 Å². The quantitative estimate of drug-likeness (QED) is 0.520. The molecule has 15 heavy (non-hydrogen) atoms. The first-order chi connectivity index (χ1) is 6.09. The van der Waals surface area contributed by atoms with Crippen LogP contribution in [-0.2, 0) is 0 Å². The van der Waals surface area contributed by atoms with Gasteiger partial charge in [-0.15, -0.1) is 0 Å². The Kier molecular flexibility index (Phi) is 6.86. The summed E-state index contributed by atoms with van der Waals surface area (Å²) < 4.78 is 0. The van der Waals surface area contributed by atoms with E-state index in [4.69, 9.17) is 0 Å². The predicted octanol–water partition coefficient (Wildman–Crippen LogP) is 5.77. The first-order valence-corrected chi connectivity index (χ1v) is 6.09. The van der Waals surface area contributed by atoms with Crippen molar-refractivity contribution in [2.75, 3.05) is 0 Å². The Bertz CT molecular complexity index is 144. The molecule has 0 aromatic carbocycles. The van der Waals surface area contributed by atoms with Crippen LogP contribution < -0.4 is 0 Å². The van der Waals surface area contributed by atoms with Crippen molar-refractivity contribution in [2.45, 2.75) is 75.7 Å². The van der Waals surface area contributed by atoms with Crippen LogP contribution in [0.4, 0.5) is 0 Å². The maximum absolute atomic E-state index is 2.37. The van der Waals surface area contributed by atoms with Gasteiger partial charge in [0.05, 0.1) is 0 Å². The van der Waals surface area contributed by atoms with E-state index in [9.17, 15) is 0 Å². The lowest BCUT2D eigenvalue weighted by atomic mass is 9.84. The van der Waals surface area contributed by atoms with Gasteiger partial charge in [0, 0.05) is 0 Å². The molecule has 0 aromatic rings. The number of hydrogen-bond acceptors (Lipinski definition) is 0. The molecule has 1 aliphatic carbocycles. The second-order valence-electron chi connectivity index (χ2n) is 6.83. The van der Waals surface area contributed by atoms with Crippen LogP contribution in [0.25, 0.3) is 0 Å². The molecule has 0 heteroatoms. The third kappa shape index (κ3) is 6.98. The molecule has 0 radical (unpaired) electrons. The molecule has 1 saturated carbocycles. The van der Waals surface area contributed by atoms with Gasteiger partial charge in [-0.05, 0) is 35.5 Å². The number of hydrogen-bond donors (Lipinski definition) is 0. The van der Waals surface area contributed by atoms with Gasteiger partial charge in [-0.2, -0.15) is 0 Å². The molecule has 0 N–H and O–H groups in total. The van der Waals surface area contributed by atoms with Gasteiger partial charge < -0.3 is 0 Å². The average molecular weight is 214 g/mol. The first kappa shape index (κ1) is 17.4. The van der Waals surface area contributed by atoms with Gasteiger partial charge in [-0.3, -0.25) is 0 Å². The fourth-order valence-corrected chi connectivity index (χ4v) is 0.775. The lowest BCUT2D eigenvalue weighted by Gasteiger charge is -2.22. The molecule has 1 fully saturated rings. The highest BCUT2D eigenvalue weighted by atomic mass is 14.4. The summed E-state index contributed by atoms with van der Waals surface area (Å²) in [6, 6.07) is 0. The molecule has 0 heterocycles. The number of rotatable bonds is 1. The largest absolute Gasteiger partial charge is 0.0776 e. The summed E-state index contributed by atoms with van der Waals surface area (Å²) in [4.78, 5) is 0. The molecule has 0 spiro atoms. The lowest BCUT2D eigenvalue weighted by molar-refractivity contribution is 0.283. The second-order valence-corrected chi connectivity index (χ2v) is 6.83. The van der Waals surface area contributed by atoms with Gasteiger partial charge in [0.1, 0.15) is 0 Å². The molecular formula is C15H34. The molecule has 0 aliphatic heterocycles. The molecule has 0 bridgehead atoms. The van der Waals surface area contributed by atoms with E-state index in [1.54, 1.807) is 0 Å². The van der Waals surface area contributed by atoms with Crippen LogP contribution in [-0.4, -0.2) is 0 Å². The Balaban J connectivity index is 0. The van der Waals surface area contributed by atoms with Crippen LogP contribution in [0.2, 0.25) is 0 Å². The molecular weight excluding hydrogens is 180 g/mol. The van der Waals surface area contributed by atoms with Crippen molar-refractivity contribution in [3.63, 3.8) is 0 Å². The fraction of sp³-hybridized carbons (Fsp3) is 1.00. The summed E-state index contributed by atoms with van der Waals surface area (Å²) in [7, 11) is 0. The van der Waals surface area contributed by atoms with Gasteiger partial charge in [0.25, 0.3) is 0 Å². The summed E-state index contributed by atoms with van der Waals surface area (Å²) in [5.41, 5.74) is 1.25. The molecule has 1 rings (SSSR count). The van der Waals surface area contributed by atoms with E-state index in [2.05, 4.69) is 55.4 Å². The highest BCUT2D eigenvalue weighted by Crippen LogP contribution is 2.50. The molecule has 0 saturated heterocycles. The van der Waals surface area contributed by atoms with Crippen molar-refractivity contribution < 1.29 is 0 Å². The van der Waals surface area contributed by atoms with Crippen molar-refractivity contribution in [2.24, 2.45) is 22.7 Å². The van der Waals surface area contributed by atoms with Crippen LogP contribution >= 0.6 is 0 Å². The van der Waals surface area contributed by atoms with Crippen molar-refractivity contribution in [3.8, 4) is 0 Å². The van der Waals surface area contributed by atoms with Crippen LogP contribution in [0.3, 0.4) is 0 Å². The van der Waals surface area contributed by atoms with Gasteiger partial charge >= 0.3 is 0 Å². The van der Waals surface area contributed by atoms with Gasteiger partial charge in [0.15, 0.2) is 0 Å². The Labute approximate surface area is 98.9 Å². The lowest BCUT2D eigenvalue weighted by Crippen LogP contribution is -2.12. The Morgan fingerprint density at radius 3 is 1.20 bits per heavy atom. The van der Waals surface area contributed by atoms with E-state index in [1.807, 2.05) is 0 Å². The molecule has 0 amide bonds. The molecule has 0 unspecified atom stereocenters. The minimum absolute atomic E-state index is 0. The standard InChI is InChI=1S/C7H14.C7H16.CH4/c1-6(2)7(3)4-5-7;1-6(2)7(3,4)5;/h6H,4-5H2,1-3H3;6H,1-5H3;1H4. The molecule has 1 aliphatic rings. The Hall–Kier alpha value is 0. The zero-order chi connectivity index (χ0) is 11.6. The fourth-order valence-electron chi connectivity index (χ4n) is 0.775. The average Bonchev–Trinajstić information content (AvgIpc) is 2.68. The van der Waals surface area contributed by atoms with Gasteiger partial charge in [-0.1, -0.05) is 62.8 Å². The SMILES string of the molecule is C.CC(C)C(C)(C)C.CC(C)C1(C)CC1. The first-order valence-electron chi connectivity index (χ1n) is 6.09. The molecule has 0 nitrogen and oxygen atoms in total. The topological polar surface area (TPSA) is 0 Å². The van der Waals surface area contributed by atoms with Crippen LogP contribution in [0.5, 0.6) is 0 Å². The normalized spacial score (nSPS) is 18.0. The summed E-state index contributed by atoms with van der Waals surface area (Å²) in [5, 5.41) is 0. The summed E-state index contributed by atoms with van der Waals surface area (Å²) in [6.07, 6.45) is 2.93. The molecule has 0 aromatic heterocycles. The molecule has 94 valence electrons. The maximum atomic E-state index is 2.37. The zero-order valence-corrected chi connectivity index (χ0v) is 11.6. The Morgan fingerprint density at radius 1 is 0.933 bits per heavy atom. The Morgan fingerprint density at radius 2 is 1.20 bits per heavy atom. The van der Waals surface area contributed by atoms with Crippen LogP contribution in [0, 0.1) is 22.7 Å². The van der Waals surface area contributed by atoms with Crippen molar-refractivity contribution in [3.05, 3.63) is 0 Å². The van der Waals surface area contributed by atoms with Crippen molar-refractivity contribution >= 4 is 0 Å². The zero-order valence-electron chi connectivity index (χ0n) is 11.6. The minimum Gasteiger partial charge on any atom is -0.0776 e. The van der Waals surface area contributed by atoms with E-state index < -0.39 is 0 Å².